The summed E-state index contributed by atoms with van der Waals surface area (Å²) in [5.74, 6) is -0.159. The Morgan fingerprint density at radius 2 is 1.55 bits per heavy atom. The molecule has 1 aromatic heterocycles. The van der Waals surface area contributed by atoms with Crippen LogP contribution in [0.25, 0.3) is 17.0 Å². The number of amides is 1. The standard InChI is InChI=1S/C18H13N3O/c22-18-17(20-15-7-3-4-8-16(15)21-18)11-13-10-9-12-5-1-2-6-14(12)19-13/h1-11,20H,(H,21,22)/b17-11-. The smallest absolute Gasteiger partial charge is 0.272 e. The summed E-state index contributed by atoms with van der Waals surface area (Å²) in [6, 6.07) is 19.4. The van der Waals surface area contributed by atoms with Gasteiger partial charge in [-0.1, -0.05) is 36.4 Å². The molecule has 4 rings (SSSR count). The molecule has 4 nitrogen and oxygen atoms in total. The Kier molecular flexibility index (Phi) is 2.86. The highest BCUT2D eigenvalue weighted by Crippen LogP contribution is 2.27. The number of para-hydroxylation sites is 3. The molecule has 4 heteroatoms. The Morgan fingerprint density at radius 3 is 2.41 bits per heavy atom. The summed E-state index contributed by atoms with van der Waals surface area (Å²) in [5, 5.41) is 7.10. The van der Waals surface area contributed by atoms with Crippen LogP contribution in [0.5, 0.6) is 0 Å². The minimum atomic E-state index is -0.159. The highest BCUT2D eigenvalue weighted by molar-refractivity contribution is 6.13. The largest absolute Gasteiger partial charge is 0.349 e. The third kappa shape index (κ3) is 2.20. The number of anilines is 2. The number of pyridine rings is 1. The van der Waals surface area contributed by atoms with Crippen molar-refractivity contribution in [2.45, 2.75) is 0 Å². The Balaban J connectivity index is 1.73. The van der Waals surface area contributed by atoms with Crippen LogP contribution in [0.3, 0.4) is 0 Å². The molecule has 1 aliphatic rings. The number of nitrogens with zero attached hydrogens (tertiary/aromatic N) is 1. The maximum atomic E-state index is 12.2. The molecule has 1 aliphatic heterocycles. The molecule has 22 heavy (non-hydrogen) atoms. The van der Waals surface area contributed by atoms with Crippen LogP contribution >= 0.6 is 0 Å². The Labute approximate surface area is 127 Å². The average molecular weight is 287 g/mol. The number of benzene rings is 2. The van der Waals surface area contributed by atoms with E-state index in [0.717, 1.165) is 28.0 Å². The van der Waals surface area contributed by atoms with Gasteiger partial charge in [-0.3, -0.25) is 4.79 Å². The van der Waals surface area contributed by atoms with E-state index in [1.807, 2.05) is 60.7 Å². The van der Waals surface area contributed by atoms with E-state index < -0.39 is 0 Å². The summed E-state index contributed by atoms with van der Waals surface area (Å²) in [5.41, 5.74) is 3.82. The van der Waals surface area contributed by atoms with E-state index in [1.165, 1.54) is 0 Å². The highest BCUT2D eigenvalue weighted by atomic mass is 16.2. The molecule has 1 amide bonds. The van der Waals surface area contributed by atoms with Gasteiger partial charge in [-0.2, -0.15) is 0 Å². The Morgan fingerprint density at radius 1 is 0.818 bits per heavy atom. The lowest BCUT2D eigenvalue weighted by Gasteiger charge is -2.20. The van der Waals surface area contributed by atoms with Crippen molar-refractivity contribution in [2.24, 2.45) is 0 Å². The molecule has 0 saturated heterocycles. The number of hydrogen-bond acceptors (Lipinski definition) is 3. The van der Waals surface area contributed by atoms with Gasteiger partial charge in [-0.25, -0.2) is 4.98 Å². The Bertz CT molecular complexity index is 915. The van der Waals surface area contributed by atoms with Gasteiger partial charge in [0.1, 0.15) is 5.70 Å². The lowest BCUT2D eigenvalue weighted by Crippen LogP contribution is -2.25. The van der Waals surface area contributed by atoms with E-state index in [9.17, 15) is 4.79 Å². The van der Waals surface area contributed by atoms with Crippen LogP contribution in [-0.4, -0.2) is 10.9 Å². The number of rotatable bonds is 1. The normalized spacial score (nSPS) is 15.3. The molecule has 0 radical (unpaired) electrons. The number of fused-ring (bicyclic) bond motifs is 2. The van der Waals surface area contributed by atoms with Gasteiger partial charge in [0.05, 0.1) is 22.6 Å². The summed E-state index contributed by atoms with van der Waals surface area (Å²) in [4.78, 5) is 16.7. The fourth-order valence-electron chi connectivity index (χ4n) is 2.50. The molecular formula is C18H13N3O. The van der Waals surface area contributed by atoms with Crippen LogP contribution in [0.2, 0.25) is 0 Å². The number of nitrogens with one attached hydrogen (secondary N) is 2. The molecule has 3 aromatic rings. The minimum absolute atomic E-state index is 0.159. The third-order valence-electron chi connectivity index (χ3n) is 3.60. The van der Waals surface area contributed by atoms with E-state index in [0.29, 0.717) is 5.70 Å². The molecule has 0 unspecified atom stereocenters. The maximum absolute atomic E-state index is 12.2. The van der Waals surface area contributed by atoms with Gasteiger partial charge in [0, 0.05) is 5.39 Å². The lowest BCUT2D eigenvalue weighted by atomic mass is 10.1. The van der Waals surface area contributed by atoms with Crippen LogP contribution < -0.4 is 10.6 Å². The number of aromatic nitrogens is 1. The van der Waals surface area contributed by atoms with Crippen molar-refractivity contribution in [3.63, 3.8) is 0 Å². The maximum Gasteiger partial charge on any atom is 0.272 e. The van der Waals surface area contributed by atoms with Crippen LogP contribution in [-0.2, 0) is 4.79 Å². The first kappa shape index (κ1) is 12.6. The van der Waals surface area contributed by atoms with Crippen LogP contribution in [0.1, 0.15) is 5.69 Å². The first-order valence-electron chi connectivity index (χ1n) is 7.04. The quantitative estimate of drug-likeness (QED) is 0.672. The van der Waals surface area contributed by atoms with E-state index in [2.05, 4.69) is 15.6 Å². The van der Waals surface area contributed by atoms with Crippen molar-refractivity contribution in [1.29, 1.82) is 0 Å². The summed E-state index contributed by atoms with van der Waals surface area (Å²) in [6.45, 7) is 0. The lowest BCUT2D eigenvalue weighted by molar-refractivity contribution is -0.112. The number of hydrogen-bond donors (Lipinski definition) is 2. The zero-order valence-electron chi connectivity index (χ0n) is 11.7. The van der Waals surface area contributed by atoms with Crippen molar-refractivity contribution in [3.05, 3.63) is 72.1 Å². The van der Waals surface area contributed by atoms with Gasteiger partial charge in [0.15, 0.2) is 0 Å². The van der Waals surface area contributed by atoms with Crippen molar-refractivity contribution < 1.29 is 4.79 Å². The predicted molar refractivity (Wildman–Crippen MR) is 88.4 cm³/mol. The summed E-state index contributed by atoms with van der Waals surface area (Å²) < 4.78 is 0. The monoisotopic (exact) mass is 287 g/mol. The average Bonchev–Trinajstić information content (AvgIpc) is 2.55. The SMILES string of the molecule is O=C1Nc2ccccc2N/C1=C\c1ccc2ccccc2n1. The molecular weight excluding hydrogens is 274 g/mol. The van der Waals surface area contributed by atoms with Gasteiger partial charge < -0.3 is 10.6 Å². The van der Waals surface area contributed by atoms with Gasteiger partial charge in [-0.05, 0) is 30.3 Å². The molecule has 0 atom stereocenters. The minimum Gasteiger partial charge on any atom is -0.349 e. The molecule has 2 heterocycles. The second-order valence-electron chi connectivity index (χ2n) is 5.11. The van der Waals surface area contributed by atoms with E-state index in [1.54, 1.807) is 6.08 Å². The summed E-state index contributed by atoms with van der Waals surface area (Å²) in [6.07, 6.45) is 1.76. The summed E-state index contributed by atoms with van der Waals surface area (Å²) >= 11 is 0. The molecule has 0 spiro atoms. The van der Waals surface area contributed by atoms with Crippen LogP contribution in [0, 0.1) is 0 Å². The zero-order valence-corrected chi connectivity index (χ0v) is 11.7. The van der Waals surface area contributed by atoms with E-state index in [-0.39, 0.29) is 5.91 Å². The van der Waals surface area contributed by atoms with Crippen molar-refractivity contribution in [1.82, 2.24) is 4.98 Å². The number of carbonyl (C=O) groups excluding carboxylic acids is 1. The third-order valence-corrected chi connectivity index (χ3v) is 3.60. The fraction of sp³-hybridized carbons (Fsp3) is 0. The van der Waals surface area contributed by atoms with Crippen molar-refractivity contribution >= 4 is 34.3 Å². The van der Waals surface area contributed by atoms with Gasteiger partial charge in [-0.15, -0.1) is 0 Å². The second-order valence-corrected chi connectivity index (χ2v) is 5.11. The molecule has 0 aliphatic carbocycles. The zero-order chi connectivity index (χ0) is 14.9. The Hall–Kier alpha value is -3.14. The highest BCUT2D eigenvalue weighted by Gasteiger charge is 2.18. The van der Waals surface area contributed by atoms with E-state index >= 15 is 0 Å². The summed E-state index contributed by atoms with van der Waals surface area (Å²) in [7, 11) is 0. The number of carbonyl (C=O) groups is 1. The molecule has 0 fully saturated rings. The molecule has 2 N–H and O–H groups in total. The van der Waals surface area contributed by atoms with Crippen molar-refractivity contribution in [3.8, 4) is 0 Å². The molecule has 2 aromatic carbocycles. The fourth-order valence-corrected chi connectivity index (χ4v) is 2.50. The van der Waals surface area contributed by atoms with E-state index in [4.69, 9.17) is 0 Å². The van der Waals surface area contributed by atoms with Crippen LogP contribution in [0.15, 0.2) is 66.4 Å². The van der Waals surface area contributed by atoms with Gasteiger partial charge >= 0.3 is 0 Å². The predicted octanol–water partition coefficient (Wildman–Crippen LogP) is 3.64. The first-order chi connectivity index (χ1) is 10.8. The van der Waals surface area contributed by atoms with Crippen LogP contribution in [0.4, 0.5) is 11.4 Å². The molecule has 106 valence electrons. The topological polar surface area (TPSA) is 54.0 Å². The van der Waals surface area contributed by atoms with Gasteiger partial charge in [0.2, 0.25) is 0 Å². The van der Waals surface area contributed by atoms with Gasteiger partial charge in [0.25, 0.3) is 5.91 Å². The molecule has 0 bridgehead atoms. The first-order valence-corrected chi connectivity index (χ1v) is 7.04. The van der Waals surface area contributed by atoms with Crippen molar-refractivity contribution in [2.75, 3.05) is 10.6 Å². The second kappa shape index (κ2) is 5.00. The molecule has 0 saturated carbocycles.